The van der Waals surface area contributed by atoms with Crippen LogP contribution in [-0.2, 0) is 0 Å². The molecule has 1 aromatic rings. The number of amides is 1. The number of methoxy groups -OCH3 is 1. The Labute approximate surface area is 123 Å². The van der Waals surface area contributed by atoms with E-state index in [0.717, 1.165) is 0 Å². The molecule has 0 spiro atoms. The Morgan fingerprint density at radius 2 is 2.05 bits per heavy atom. The number of hydrogen-bond acceptors (Lipinski definition) is 5. The number of nitrogens with zero attached hydrogens (tertiary/aromatic N) is 1. The normalized spacial score (nSPS) is 12.0. The van der Waals surface area contributed by atoms with Gasteiger partial charge in [-0.15, -0.1) is 0 Å². The predicted molar refractivity (Wildman–Crippen MR) is 78.8 cm³/mol. The second-order valence-electron chi connectivity index (χ2n) is 4.61. The Bertz CT molecular complexity index is 539. The van der Waals surface area contributed by atoms with E-state index in [9.17, 15) is 9.90 Å². The van der Waals surface area contributed by atoms with Crippen molar-refractivity contribution in [2.45, 2.75) is 32.2 Å². The number of nitrogens with one attached hydrogen (secondary N) is 1. The van der Waals surface area contributed by atoms with Gasteiger partial charge in [0, 0.05) is 6.07 Å². The maximum atomic E-state index is 12.3. The van der Waals surface area contributed by atoms with Crippen LogP contribution in [0.2, 0.25) is 0 Å². The van der Waals surface area contributed by atoms with Crippen LogP contribution in [0.5, 0.6) is 11.5 Å². The number of oxime groups is 1. The Hall–Kier alpha value is -2.44. The van der Waals surface area contributed by atoms with Gasteiger partial charge in [-0.3, -0.25) is 4.79 Å². The van der Waals surface area contributed by atoms with E-state index in [-0.39, 0.29) is 17.1 Å². The molecule has 21 heavy (non-hydrogen) atoms. The van der Waals surface area contributed by atoms with E-state index in [1.165, 1.54) is 19.2 Å². The Kier molecular flexibility index (Phi) is 5.40. The predicted octanol–water partition coefficient (Wildman–Crippen LogP) is 1.44. The van der Waals surface area contributed by atoms with Crippen LogP contribution in [0, 0.1) is 0 Å². The van der Waals surface area contributed by atoms with Crippen molar-refractivity contribution in [3.63, 3.8) is 0 Å². The standard InChI is InChI=1S/C14H21N3O4/c1-4-14(5-2,13(15)17-20)16-12(19)10-7-6-9(21-3)8-11(10)18/h6-8,18,20H,4-5H2,1-3H3,(H2,15,17)(H,16,19). The van der Waals surface area contributed by atoms with Crippen LogP contribution >= 0.6 is 0 Å². The highest BCUT2D eigenvalue weighted by atomic mass is 16.5. The SMILES string of the molecule is CCC(CC)(NC(=O)c1ccc(OC)cc1O)/C(N)=N/O. The van der Waals surface area contributed by atoms with E-state index in [2.05, 4.69) is 10.5 Å². The minimum atomic E-state index is -0.960. The number of benzene rings is 1. The smallest absolute Gasteiger partial charge is 0.255 e. The summed E-state index contributed by atoms with van der Waals surface area (Å²) < 4.78 is 4.96. The average Bonchev–Trinajstić information content (AvgIpc) is 2.51. The number of nitrogens with two attached hydrogens (primary N) is 1. The topological polar surface area (TPSA) is 117 Å². The highest BCUT2D eigenvalue weighted by Gasteiger charge is 2.34. The zero-order valence-electron chi connectivity index (χ0n) is 12.4. The molecule has 7 heteroatoms. The lowest BCUT2D eigenvalue weighted by molar-refractivity contribution is 0.0915. The molecular weight excluding hydrogens is 274 g/mol. The number of carbonyl (C=O) groups is 1. The van der Waals surface area contributed by atoms with E-state index in [0.29, 0.717) is 18.6 Å². The molecule has 0 saturated carbocycles. The van der Waals surface area contributed by atoms with Crippen molar-refractivity contribution in [2.75, 3.05) is 7.11 Å². The van der Waals surface area contributed by atoms with Gasteiger partial charge in [-0.05, 0) is 25.0 Å². The van der Waals surface area contributed by atoms with Crippen molar-refractivity contribution in [1.29, 1.82) is 0 Å². The van der Waals surface area contributed by atoms with Crippen molar-refractivity contribution >= 4 is 11.7 Å². The molecule has 5 N–H and O–H groups in total. The van der Waals surface area contributed by atoms with Crippen LogP contribution in [0.25, 0.3) is 0 Å². The summed E-state index contributed by atoms with van der Waals surface area (Å²) in [6, 6.07) is 4.36. The van der Waals surface area contributed by atoms with Crippen LogP contribution in [0.3, 0.4) is 0 Å². The monoisotopic (exact) mass is 295 g/mol. The van der Waals surface area contributed by atoms with Crippen LogP contribution in [0.15, 0.2) is 23.4 Å². The van der Waals surface area contributed by atoms with Crippen LogP contribution < -0.4 is 15.8 Å². The van der Waals surface area contributed by atoms with Gasteiger partial charge in [-0.2, -0.15) is 0 Å². The van der Waals surface area contributed by atoms with Gasteiger partial charge in [0.25, 0.3) is 5.91 Å². The summed E-state index contributed by atoms with van der Waals surface area (Å²) in [5.74, 6) is -0.343. The second kappa shape index (κ2) is 6.83. The number of phenols is 1. The van der Waals surface area contributed by atoms with Gasteiger partial charge in [-0.25, -0.2) is 0 Å². The summed E-state index contributed by atoms with van der Waals surface area (Å²) in [6.07, 6.45) is 0.893. The molecule has 1 rings (SSSR count). The summed E-state index contributed by atoms with van der Waals surface area (Å²) in [6.45, 7) is 3.63. The molecule has 0 fully saturated rings. The minimum Gasteiger partial charge on any atom is -0.507 e. The van der Waals surface area contributed by atoms with E-state index in [4.69, 9.17) is 15.7 Å². The maximum Gasteiger partial charge on any atom is 0.255 e. The van der Waals surface area contributed by atoms with Crippen LogP contribution in [-0.4, -0.2) is 34.7 Å². The van der Waals surface area contributed by atoms with Crippen molar-refractivity contribution in [3.05, 3.63) is 23.8 Å². The lowest BCUT2D eigenvalue weighted by Gasteiger charge is -2.31. The fraction of sp³-hybridized carbons (Fsp3) is 0.429. The zero-order valence-corrected chi connectivity index (χ0v) is 12.4. The van der Waals surface area contributed by atoms with Gasteiger partial charge in [0.05, 0.1) is 12.7 Å². The Balaban J connectivity index is 3.08. The molecule has 0 radical (unpaired) electrons. The quantitative estimate of drug-likeness (QED) is 0.274. The van der Waals surface area contributed by atoms with Gasteiger partial charge in [0.1, 0.15) is 17.0 Å². The van der Waals surface area contributed by atoms with Crippen LogP contribution in [0.1, 0.15) is 37.0 Å². The van der Waals surface area contributed by atoms with E-state index in [1.807, 2.05) is 13.8 Å². The molecule has 0 aliphatic carbocycles. The third-order valence-electron chi connectivity index (χ3n) is 3.61. The lowest BCUT2D eigenvalue weighted by atomic mass is 9.91. The number of ether oxygens (including phenoxy) is 1. The Morgan fingerprint density at radius 1 is 1.43 bits per heavy atom. The molecule has 0 atom stereocenters. The zero-order chi connectivity index (χ0) is 16.0. The first kappa shape index (κ1) is 16.6. The number of amidine groups is 1. The Morgan fingerprint density at radius 3 is 2.48 bits per heavy atom. The van der Waals surface area contributed by atoms with Gasteiger partial charge in [-0.1, -0.05) is 19.0 Å². The van der Waals surface area contributed by atoms with Crippen molar-refractivity contribution in [2.24, 2.45) is 10.9 Å². The summed E-state index contributed by atoms with van der Waals surface area (Å²) in [5.41, 5.74) is 4.82. The number of phenolic OH excluding ortho intramolecular Hbond substituents is 1. The van der Waals surface area contributed by atoms with E-state index >= 15 is 0 Å². The molecule has 0 saturated heterocycles. The molecule has 0 bridgehead atoms. The van der Waals surface area contributed by atoms with Gasteiger partial charge >= 0.3 is 0 Å². The van der Waals surface area contributed by atoms with Crippen LogP contribution in [0.4, 0.5) is 0 Å². The number of carbonyl (C=O) groups excluding carboxylic acids is 1. The summed E-state index contributed by atoms with van der Waals surface area (Å²) >= 11 is 0. The molecule has 0 aliphatic heterocycles. The molecule has 0 aromatic heterocycles. The fourth-order valence-corrected chi connectivity index (χ4v) is 2.06. The molecule has 0 aliphatic rings. The number of hydrogen-bond donors (Lipinski definition) is 4. The molecular formula is C14H21N3O4. The average molecular weight is 295 g/mol. The third kappa shape index (κ3) is 3.36. The molecule has 116 valence electrons. The molecule has 7 nitrogen and oxygen atoms in total. The third-order valence-corrected chi connectivity index (χ3v) is 3.61. The number of aromatic hydroxyl groups is 1. The fourth-order valence-electron chi connectivity index (χ4n) is 2.06. The van der Waals surface area contributed by atoms with Gasteiger partial charge in [0.15, 0.2) is 5.84 Å². The first-order valence-corrected chi connectivity index (χ1v) is 6.61. The molecule has 1 amide bonds. The first-order chi connectivity index (χ1) is 9.93. The molecule has 0 unspecified atom stereocenters. The highest BCUT2D eigenvalue weighted by Crippen LogP contribution is 2.25. The van der Waals surface area contributed by atoms with E-state index in [1.54, 1.807) is 6.07 Å². The maximum absolute atomic E-state index is 12.3. The highest BCUT2D eigenvalue weighted by molar-refractivity contribution is 6.01. The summed E-state index contributed by atoms with van der Waals surface area (Å²) in [4.78, 5) is 12.3. The summed E-state index contributed by atoms with van der Waals surface area (Å²) in [7, 11) is 1.46. The number of rotatable bonds is 6. The molecule has 1 aromatic carbocycles. The van der Waals surface area contributed by atoms with Crippen molar-refractivity contribution < 1.29 is 19.8 Å². The lowest BCUT2D eigenvalue weighted by Crippen LogP contribution is -2.56. The first-order valence-electron chi connectivity index (χ1n) is 6.61. The van der Waals surface area contributed by atoms with Crippen molar-refractivity contribution in [3.8, 4) is 11.5 Å². The largest absolute Gasteiger partial charge is 0.507 e. The minimum absolute atomic E-state index is 0.0751. The molecule has 0 heterocycles. The summed E-state index contributed by atoms with van der Waals surface area (Å²) in [5, 5.41) is 24.5. The van der Waals surface area contributed by atoms with Crippen molar-refractivity contribution in [1.82, 2.24) is 5.32 Å². The van der Waals surface area contributed by atoms with Gasteiger partial charge < -0.3 is 26.1 Å². The second-order valence-corrected chi connectivity index (χ2v) is 4.61. The van der Waals surface area contributed by atoms with E-state index < -0.39 is 11.4 Å². The van der Waals surface area contributed by atoms with Gasteiger partial charge in [0.2, 0.25) is 0 Å².